The maximum atomic E-state index is 15.0. The summed E-state index contributed by atoms with van der Waals surface area (Å²) in [6.07, 6.45) is 11.7. The molecular formula is C63H66Br2F2. The van der Waals surface area contributed by atoms with Gasteiger partial charge >= 0.3 is 0 Å². The van der Waals surface area contributed by atoms with E-state index in [1.807, 2.05) is 48.5 Å². The average molecular weight is 1020 g/mol. The minimum absolute atomic E-state index is 0. The minimum atomic E-state index is -0.187. The van der Waals surface area contributed by atoms with Crippen LogP contribution in [0.1, 0.15) is 95.9 Å². The van der Waals surface area contributed by atoms with Gasteiger partial charge in [-0.05, 0) is 136 Å². The van der Waals surface area contributed by atoms with Crippen LogP contribution >= 0.6 is 31.9 Å². The first-order valence-corrected chi connectivity index (χ1v) is 25.2. The molecule has 0 spiro atoms. The van der Waals surface area contributed by atoms with Gasteiger partial charge in [0.05, 0.1) is 0 Å². The van der Waals surface area contributed by atoms with Crippen molar-refractivity contribution in [1.29, 1.82) is 0 Å². The molecule has 0 aliphatic rings. The Bertz CT molecular complexity index is 2700. The highest BCUT2D eigenvalue weighted by atomic mass is 79.9. The van der Waals surface area contributed by atoms with Gasteiger partial charge in [-0.3, -0.25) is 0 Å². The van der Waals surface area contributed by atoms with Crippen LogP contribution < -0.4 is 0 Å². The molecule has 0 aromatic heterocycles. The molecular weight excluding hydrogens is 954 g/mol. The molecule has 8 aromatic rings. The van der Waals surface area contributed by atoms with E-state index in [-0.39, 0.29) is 19.1 Å². The number of hydrogen-bond acceptors (Lipinski definition) is 0. The van der Waals surface area contributed by atoms with Crippen LogP contribution in [0.2, 0.25) is 0 Å². The van der Waals surface area contributed by atoms with Crippen LogP contribution in [0.4, 0.5) is 8.78 Å². The monoisotopic (exact) mass is 1020 g/mol. The Morgan fingerprint density at radius 2 is 0.687 bits per heavy atom. The number of rotatable bonds is 15. The van der Waals surface area contributed by atoms with Crippen LogP contribution in [0.5, 0.6) is 0 Å². The molecule has 67 heavy (non-hydrogen) atoms. The van der Waals surface area contributed by atoms with Crippen molar-refractivity contribution in [2.24, 2.45) is 0 Å². The molecule has 0 fully saturated rings. The normalized spacial score (nSPS) is 10.6. The summed E-state index contributed by atoms with van der Waals surface area (Å²) in [6.45, 7) is 8.78. The van der Waals surface area contributed by atoms with Gasteiger partial charge in [-0.1, -0.05) is 244 Å². The Kier molecular flexibility index (Phi) is 21.5. The zero-order valence-corrected chi connectivity index (χ0v) is 42.1. The van der Waals surface area contributed by atoms with Crippen LogP contribution in [0, 0.1) is 11.6 Å². The van der Waals surface area contributed by atoms with Gasteiger partial charge in [0.25, 0.3) is 0 Å². The first-order valence-electron chi connectivity index (χ1n) is 23.7. The van der Waals surface area contributed by atoms with E-state index in [9.17, 15) is 8.78 Å². The van der Waals surface area contributed by atoms with Gasteiger partial charge in [-0.2, -0.15) is 0 Å². The highest BCUT2D eigenvalue weighted by Gasteiger charge is 2.10. The van der Waals surface area contributed by atoms with Crippen molar-refractivity contribution in [2.75, 3.05) is 0 Å². The van der Waals surface area contributed by atoms with E-state index < -0.39 is 0 Å². The van der Waals surface area contributed by atoms with Crippen molar-refractivity contribution in [3.63, 3.8) is 0 Å². The zero-order valence-electron chi connectivity index (χ0n) is 38.9. The van der Waals surface area contributed by atoms with E-state index >= 15 is 0 Å². The second-order valence-corrected chi connectivity index (χ2v) is 18.7. The quantitative estimate of drug-likeness (QED) is 0.0898. The number of halogens is 4. The van der Waals surface area contributed by atoms with Gasteiger partial charge in [0, 0.05) is 20.1 Å². The first kappa shape index (κ1) is 52.5. The van der Waals surface area contributed by atoms with E-state index in [0.717, 1.165) is 56.9 Å². The molecule has 8 aromatic carbocycles. The summed E-state index contributed by atoms with van der Waals surface area (Å²) in [6, 6.07) is 61.5. The molecule has 0 N–H and O–H groups in total. The fourth-order valence-electron chi connectivity index (χ4n) is 7.95. The lowest BCUT2D eigenvalue weighted by Crippen LogP contribution is -1.89. The third kappa shape index (κ3) is 15.8. The predicted octanol–water partition coefficient (Wildman–Crippen LogP) is 20.4. The van der Waals surface area contributed by atoms with Crippen molar-refractivity contribution >= 4 is 31.9 Å². The Morgan fingerprint density at radius 1 is 0.328 bits per heavy atom. The summed E-state index contributed by atoms with van der Waals surface area (Å²) in [5, 5.41) is 0. The van der Waals surface area contributed by atoms with Crippen LogP contribution in [-0.4, -0.2) is 0 Å². The lowest BCUT2D eigenvalue weighted by atomic mass is 9.96. The molecule has 0 atom stereocenters. The molecule has 0 saturated carbocycles. The molecule has 0 bridgehead atoms. The molecule has 0 aliphatic heterocycles. The fraction of sp³-hybridized carbons (Fsp3) is 0.238. The van der Waals surface area contributed by atoms with Gasteiger partial charge in [0.1, 0.15) is 11.6 Å². The summed E-state index contributed by atoms with van der Waals surface area (Å²) in [5.74, 6) is -0.367. The Labute approximate surface area is 417 Å². The van der Waals surface area contributed by atoms with E-state index in [1.54, 1.807) is 6.07 Å². The molecule has 0 aliphatic carbocycles. The van der Waals surface area contributed by atoms with Gasteiger partial charge in [-0.15, -0.1) is 0 Å². The smallest absolute Gasteiger partial charge is 0.132 e. The van der Waals surface area contributed by atoms with Crippen LogP contribution in [0.3, 0.4) is 0 Å². The summed E-state index contributed by atoms with van der Waals surface area (Å²) >= 11 is 6.72. The van der Waals surface area contributed by atoms with Crippen LogP contribution in [0.25, 0.3) is 55.6 Å². The van der Waals surface area contributed by atoms with E-state index in [4.69, 9.17) is 0 Å². The van der Waals surface area contributed by atoms with Crippen molar-refractivity contribution < 1.29 is 8.78 Å². The summed E-state index contributed by atoms with van der Waals surface area (Å²) in [4.78, 5) is 0. The Morgan fingerprint density at radius 3 is 1.09 bits per heavy atom. The van der Waals surface area contributed by atoms with Gasteiger partial charge < -0.3 is 0 Å². The lowest BCUT2D eigenvalue weighted by molar-refractivity contribution is 0.630. The second-order valence-electron chi connectivity index (χ2n) is 16.8. The van der Waals surface area contributed by atoms with Crippen LogP contribution in [-0.2, 0) is 25.7 Å². The van der Waals surface area contributed by atoms with E-state index in [0.29, 0.717) is 11.1 Å². The molecule has 0 saturated heterocycles. The molecule has 346 valence electrons. The Balaban J connectivity index is 0.000000204. The minimum Gasteiger partial charge on any atom is -0.206 e. The molecule has 4 heteroatoms. The van der Waals surface area contributed by atoms with Gasteiger partial charge in [0.15, 0.2) is 0 Å². The average Bonchev–Trinajstić information content (AvgIpc) is 3.35. The van der Waals surface area contributed by atoms with E-state index in [1.165, 1.54) is 89.1 Å². The predicted molar refractivity (Wildman–Crippen MR) is 294 cm³/mol. The maximum absolute atomic E-state index is 15.0. The molecule has 0 unspecified atom stereocenters. The van der Waals surface area contributed by atoms with Crippen molar-refractivity contribution in [1.82, 2.24) is 0 Å². The van der Waals surface area contributed by atoms with Gasteiger partial charge in [-0.25, -0.2) is 8.78 Å². The number of benzene rings is 8. The molecule has 0 amide bonds. The summed E-state index contributed by atoms with van der Waals surface area (Å²) in [5.41, 5.74) is 15.4. The number of unbranched alkanes of at least 4 members (excludes halogenated alkanes) is 4. The molecule has 8 rings (SSSR count). The zero-order chi connectivity index (χ0) is 46.7. The highest BCUT2D eigenvalue weighted by Crippen LogP contribution is 2.31. The van der Waals surface area contributed by atoms with Crippen molar-refractivity contribution in [2.45, 2.75) is 99.3 Å². The fourth-order valence-corrected chi connectivity index (χ4v) is 8.55. The Hall–Kier alpha value is -5.42. The van der Waals surface area contributed by atoms with E-state index in [2.05, 4.69) is 181 Å². The first-order chi connectivity index (χ1) is 32.2. The maximum Gasteiger partial charge on any atom is 0.132 e. The van der Waals surface area contributed by atoms with Crippen molar-refractivity contribution in [3.8, 4) is 55.6 Å². The summed E-state index contributed by atoms with van der Waals surface area (Å²) in [7, 11) is 0. The van der Waals surface area contributed by atoms with Crippen LogP contribution in [0.15, 0.2) is 191 Å². The van der Waals surface area contributed by atoms with Crippen molar-refractivity contribution in [3.05, 3.63) is 225 Å². The SMILES string of the molecule is C.CCCCCc1ccc(-c2ccc(-c3ccc(-c4cccc(CC)c4)cc3)cc2F)cc1.CCCCCc1ccc(-c2ccc(Br)cc2F)cc1.CCc1cccc(-c2ccc(Br)cc2)c1. The largest absolute Gasteiger partial charge is 0.206 e. The molecule has 0 radical (unpaired) electrons. The van der Waals surface area contributed by atoms with Gasteiger partial charge in [0.2, 0.25) is 0 Å². The lowest BCUT2D eigenvalue weighted by Gasteiger charge is -2.09. The molecule has 0 nitrogen and oxygen atoms in total. The third-order valence-electron chi connectivity index (χ3n) is 12.0. The standard InChI is InChI=1S/C31H31F.C17H18BrF.C14H13Br.CH4/c1-3-5-6-8-24-11-13-27(14-12-24)30-20-19-29(22-31(30)32)26-17-15-25(16-18-26)28-10-7-9-23(4-2)21-28;1-2-3-4-5-13-6-8-14(9-7-13)16-11-10-15(18)12-17(16)19;1-2-11-4-3-5-13(10-11)12-6-8-14(15)9-7-12;/h7,9-22H,3-6,8H2,1-2H3;6-12H,2-5H2,1H3;3-10H,2H2,1H3;1H4. The third-order valence-corrected chi connectivity index (χ3v) is 13.0. The number of aryl methyl sites for hydroxylation is 4. The molecule has 0 heterocycles. The topological polar surface area (TPSA) is 0 Å². The summed E-state index contributed by atoms with van der Waals surface area (Å²) < 4.78 is 30.7. The highest BCUT2D eigenvalue weighted by molar-refractivity contribution is 9.10. The second kappa shape index (κ2) is 27.4. The number of hydrogen-bond donors (Lipinski definition) is 0.